The fraction of sp³-hybridized carbons (Fsp3) is 0.667. The Morgan fingerprint density at radius 1 is 1.67 bits per heavy atom. The van der Waals surface area contributed by atoms with Crippen molar-refractivity contribution < 1.29 is 17.0 Å². The normalized spacial score (nSPS) is 13.4. The first kappa shape index (κ1) is 8.35. The quantitative estimate of drug-likeness (QED) is 0.310. The number of ether oxygens (including phenoxy) is 1. The Labute approximate surface area is 52.7 Å². The lowest BCUT2D eigenvalue weighted by Gasteiger charge is -1.91. The van der Waals surface area contributed by atoms with Gasteiger partial charge in [-0.3, -0.25) is 0 Å². The average Bonchev–Trinajstić information content (AvgIpc) is 1.62. The zero-order chi connectivity index (χ0) is 7.49. The molecule has 0 spiro atoms. The third-order valence-corrected chi connectivity index (χ3v) is 1.01. The van der Waals surface area contributed by atoms with Gasteiger partial charge >= 0.3 is 10.4 Å². The van der Waals surface area contributed by atoms with Gasteiger partial charge in [0.05, 0.1) is 7.11 Å². The van der Waals surface area contributed by atoms with Crippen LogP contribution in [0.1, 0.15) is 6.92 Å². The molecule has 0 heterocycles. The molecule has 0 aliphatic heterocycles. The van der Waals surface area contributed by atoms with Gasteiger partial charge in [-0.2, -0.15) is 8.42 Å². The Morgan fingerprint density at radius 3 is 2.22 bits per heavy atom. The van der Waals surface area contributed by atoms with E-state index < -0.39 is 10.4 Å². The largest absolute Gasteiger partial charge is 0.484 e. The SMILES string of the molecule is COC(C)=NS(=O)(=O)F. The predicted molar refractivity (Wildman–Crippen MR) is 30.1 cm³/mol. The Bertz CT molecular complexity index is 207. The maximum Gasteiger partial charge on any atom is 0.420 e. The molecule has 0 amide bonds. The standard InChI is InChI=1S/C3H6FNO3S/c1-3(8-2)5-9(4,6)7/h1-2H3. The molecule has 0 rings (SSSR count). The average molecular weight is 155 g/mol. The third-order valence-electron chi connectivity index (χ3n) is 0.533. The molecule has 0 aromatic heterocycles. The van der Waals surface area contributed by atoms with Crippen LogP contribution in [0.2, 0.25) is 0 Å². The van der Waals surface area contributed by atoms with Gasteiger partial charge in [-0.05, 0) is 0 Å². The molecule has 9 heavy (non-hydrogen) atoms. The van der Waals surface area contributed by atoms with Gasteiger partial charge in [-0.15, -0.1) is 4.40 Å². The monoisotopic (exact) mass is 155 g/mol. The Hall–Kier alpha value is -0.650. The molecular weight excluding hydrogens is 149 g/mol. The van der Waals surface area contributed by atoms with Crippen LogP contribution in [0.4, 0.5) is 3.89 Å². The molecule has 0 aromatic carbocycles. The van der Waals surface area contributed by atoms with Crippen molar-refractivity contribution in [1.29, 1.82) is 0 Å². The first-order valence-electron chi connectivity index (χ1n) is 2.01. The highest BCUT2D eigenvalue weighted by atomic mass is 32.3. The highest BCUT2D eigenvalue weighted by Crippen LogP contribution is 1.93. The molecule has 4 nitrogen and oxygen atoms in total. The zero-order valence-electron chi connectivity index (χ0n) is 4.96. The summed E-state index contributed by atoms with van der Waals surface area (Å²) in [5.41, 5.74) is 0. The number of nitrogens with zero attached hydrogens (tertiary/aromatic N) is 1. The summed E-state index contributed by atoms with van der Waals surface area (Å²) < 4.78 is 37.6. The second-order valence-electron chi connectivity index (χ2n) is 1.23. The van der Waals surface area contributed by atoms with Crippen molar-refractivity contribution in [2.75, 3.05) is 7.11 Å². The van der Waals surface area contributed by atoms with Gasteiger partial charge in [-0.25, -0.2) is 0 Å². The molecule has 0 radical (unpaired) electrons. The lowest BCUT2D eigenvalue weighted by atomic mass is 10.8. The first-order chi connectivity index (χ1) is 3.95. The second-order valence-corrected chi connectivity index (χ2v) is 2.23. The van der Waals surface area contributed by atoms with Crippen LogP contribution in [0.25, 0.3) is 0 Å². The summed E-state index contributed by atoms with van der Waals surface area (Å²) in [6.07, 6.45) is 0. The number of rotatable bonds is 1. The molecule has 0 saturated heterocycles. The smallest absolute Gasteiger partial charge is 0.420 e. The lowest BCUT2D eigenvalue weighted by Crippen LogP contribution is -1.97. The van der Waals surface area contributed by atoms with Gasteiger partial charge in [0, 0.05) is 6.92 Å². The summed E-state index contributed by atoms with van der Waals surface area (Å²) in [7, 11) is -3.57. The van der Waals surface area contributed by atoms with Crippen LogP contribution in [0.15, 0.2) is 4.40 Å². The molecule has 0 aromatic rings. The molecule has 0 aliphatic carbocycles. The molecule has 0 saturated carbocycles. The maximum atomic E-state index is 11.5. The molecule has 54 valence electrons. The summed E-state index contributed by atoms with van der Waals surface area (Å²) in [6, 6.07) is 0. The van der Waals surface area contributed by atoms with Crippen LogP contribution in [-0.2, 0) is 15.1 Å². The van der Waals surface area contributed by atoms with E-state index in [4.69, 9.17) is 0 Å². The second kappa shape index (κ2) is 2.77. The van der Waals surface area contributed by atoms with Crippen molar-refractivity contribution >= 4 is 16.3 Å². The van der Waals surface area contributed by atoms with E-state index in [2.05, 4.69) is 9.13 Å². The maximum absolute atomic E-state index is 11.5. The van der Waals surface area contributed by atoms with Crippen LogP contribution < -0.4 is 0 Å². The van der Waals surface area contributed by atoms with Gasteiger partial charge in [0.2, 0.25) is 0 Å². The van der Waals surface area contributed by atoms with Gasteiger partial charge in [0.1, 0.15) is 0 Å². The van der Waals surface area contributed by atoms with E-state index in [1.807, 2.05) is 0 Å². The fourth-order valence-electron chi connectivity index (χ4n) is 0.191. The van der Waals surface area contributed by atoms with Crippen LogP contribution >= 0.6 is 0 Å². The molecule has 0 atom stereocenters. The molecule has 0 unspecified atom stereocenters. The minimum atomic E-state index is -4.77. The van der Waals surface area contributed by atoms with Gasteiger partial charge in [-0.1, -0.05) is 3.89 Å². The van der Waals surface area contributed by atoms with Crippen molar-refractivity contribution in [3.05, 3.63) is 0 Å². The van der Waals surface area contributed by atoms with E-state index >= 15 is 0 Å². The zero-order valence-corrected chi connectivity index (χ0v) is 5.77. The highest BCUT2D eigenvalue weighted by molar-refractivity contribution is 7.85. The molecule has 6 heteroatoms. The number of methoxy groups -OCH3 is 1. The van der Waals surface area contributed by atoms with E-state index in [9.17, 15) is 12.3 Å². The van der Waals surface area contributed by atoms with Gasteiger partial charge < -0.3 is 4.74 Å². The van der Waals surface area contributed by atoms with Crippen molar-refractivity contribution in [3.8, 4) is 0 Å². The predicted octanol–water partition coefficient (Wildman–Crippen LogP) is 0.266. The summed E-state index contributed by atoms with van der Waals surface area (Å²) >= 11 is 0. The van der Waals surface area contributed by atoms with E-state index in [1.54, 1.807) is 0 Å². The van der Waals surface area contributed by atoms with Crippen molar-refractivity contribution in [2.45, 2.75) is 6.92 Å². The van der Waals surface area contributed by atoms with Gasteiger partial charge in [0.25, 0.3) is 0 Å². The minimum Gasteiger partial charge on any atom is -0.484 e. The fourth-order valence-corrected chi connectivity index (χ4v) is 0.572. The summed E-state index contributed by atoms with van der Waals surface area (Å²) in [5.74, 6) is -0.225. The molecule has 0 bridgehead atoms. The molecule has 0 N–H and O–H groups in total. The van der Waals surface area contributed by atoms with E-state index in [0.29, 0.717) is 0 Å². The van der Waals surface area contributed by atoms with Gasteiger partial charge in [0.15, 0.2) is 5.90 Å². The molecule has 0 fully saturated rings. The summed E-state index contributed by atoms with van der Waals surface area (Å²) in [6.45, 7) is 1.23. The van der Waals surface area contributed by atoms with Crippen LogP contribution in [0, 0.1) is 0 Å². The Kier molecular flexibility index (Phi) is 2.57. The van der Waals surface area contributed by atoms with Crippen molar-refractivity contribution in [3.63, 3.8) is 0 Å². The Balaban J connectivity index is 4.32. The van der Waals surface area contributed by atoms with Crippen molar-refractivity contribution in [2.24, 2.45) is 4.40 Å². The third kappa shape index (κ3) is 5.22. The number of halogens is 1. The van der Waals surface area contributed by atoms with E-state index in [1.165, 1.54) is 14.0 Å². The van der Waals surface area contributed by atoms with Crippen LogP contribution in [0.5, 0.6) is 0 Å². The lowest BCUT2D eigenvalue weighted by molar-refractivity contribution is 0.400. The first-order valence-corrected chi connectivity index (χ1v) is 3.35. The minimum absolute atomic E-state index is 0.225. The van der Waals surface area contributed by atoms with Crippen molar-refractivity contribution in [1.82, 2.24) is 0 Å². The summed E-state index contributed by atoms with van der Waals surface area (Å²) in [4.78, 5) is 0. The number of hydrogen-bond donors (Lipinski definition) is 0. The summed E-state index contributed by atoms with van der Waals surface area (Å²) in [5, 5.41) is 0. The Morgan fingerprint density at radius 2 is 2.11 bits per heavy atom. The number of hydrogen-bond acceptors (Lipinski definition) is 3. The van der Waals surface area contributed by atoms with E-state index in [-0.39, 0.29) is 5.90 Å². The molecule has 0 aliphatic rings. The van der Waals surface area contributed by atoms with Crippen LogP contribution in [0.3, 0.4) is 0 Å². The van der Waals surface area contributed by atoms with Crippen LogP contribution in [-0.4, -0.2) is 21.4 Å². The highest BCUT2D eigenvalue weighted by Gasteiger charge is 2.02. The van der Waals surface area contributed by atoms with E-state index in [0.717, 1.165) is 0 Å². The topological polar surface area (TPSA) is 55.7 Å². The molecular formula is C3H6FNO3S.